The van der Waals surface area contributed by atoms with E-state index >= 15 is 0 Å². The zero-order chi connectivity index (χ0) is 21.4. The molecule has 0 N–H and O–H groups in total. The molecule has 2 fully saturated rings. The Kier molecular flexibility index (Phi) is 5.44. The SMILES string of the molecule is CC(=O)N1CCC[C@H](c2cc(N3CCOC[C@H]3C)nc(-c3ccnc4c3C=CC4)n2)C1. The van der Waals surface area contributed by atoms with Gasteiger partial charge in [-0.2, -0.15) is 0 Å². The summed E-state index contributed by atoms with van der Waals surface area (Å²) in [6.07, 6.45) is 9.01. The fraction of sp³-hybridized carbons (Fsp3) is 0.500. The Balaban J connectivity index is 1.59. The molecule has 0 aromatic carbocycles. The normalized spacial score (nSPS) is 23.2. The van der Waals surface area contributed by atoms with Gasteiger partial charge in [-0.15, -0.1) is 0 Å². The number of likely N-dealkylation sites (tertiary alicyclic amines) is 1. The monoisotopic (exact) mass is 419 g/mol. The molecule has 0 radical (unpaired) electrons. The van der Waals surface area contributed by atoms with Gasteiger partial charge in [-0.05, 0) is 25.8 Å². The molecular weight excluding hydrogens is 390 g/mol. The number of anilines is 1. The minimum absolute atomic E-state index is 0.137. The highest BCUT2D eigenvalue weighted by molar-refractivity contribution is 5.75. The zero-order valence-corrected chi connectivity index (χ0v) is 18.3. The topological polar surface area (TPSA) is 71.5 Å². The fourth-order valence-electron chi connectivity index (χ4n) is 4.85. The lowest BCUT2D eigenvalue weighted by molar-refractivity contribution is -0.130. The number of allylic oxidation sites excluding steroid dienone is 1. The van der Waals surface area contributed by atoms with Crippen LogP contribution in [0.5, 0.6) is 0 Å². The van der Waals surface area contributed by atoms with Gasteiger partial charge in [0.15, 0.2) is 5.82 Å². The first kappa shape index (κ1) is 20.1. The number of ether oxygens (including phenoxy) is 1. The predicted octanol–water partition coefficient (Wildman–Crippen LogP) is 3.06. The third-order valence-electron chi connectivity index (χ3n) is 6.59. The molecule has 3 aliphatic rings. The van der Waals surface area contributed by atoms with Crippen LogP contribution in [0.25, 0.3) is 17.5 Å². The number of nitrogens with zero attached hydrogens (tertiary/aromatic N) is 5. The van der Waals surface area contributed by atoms with Crippen molar-refractivity contribution < 1.29 is 9.53 Å². The van der Waals surface area contributed by atoms with Crippen molar-refractivity contribution in [2.24, 2.45) is 0 Å². The van der Waals surface area contributed by atoms with E-state index in [0.717, 1.165) is 73.1 Å². The lowest BCUT2D eigenvalue weighted by Gasteiger charge is -2.36. The molecule has 0 spiro atoms. The van der Waals surface area contributed by atoms with Gasteiger partial charge in [-0.25, -0.2) is 9.97 Å². The van der Waals surface area contributed by atoms with Crippen LogP contribution < -0.4 is 4.90 Å². The number of pyridine rings is 1. The fourth-order valence-corrected chi connectivity index (χ4v) is 4.85. The highest BCUT2D eigenvalue weighted by Gasteiger charge is 2.28. The largest absolute Gasteiger partial charge is 0.377 e. The molecule has 1 aliphatic carbocycles. The molecule has 2 aromatic heterocycles. The summed E-state index contributed by atoms with van der Waals surface area (Å²) in [7, 11) is 0. The van der Waals surface area contributed by atoms with Crippen LogP contribution in [0.1, 0.15) is 49.6 Å². The molecule has 31 heavy (non-hydrogen) atoms. The predicted molar refractivity (Wildman–Crippen MR) is 120 cm³/mol. The van der Waals surface area contributed by atoms with Crippen molar-refractivity contribution in [2.45, 2.75) is 45.1 Å². The average Bonchev–Trinajstić information content (AvgIpc) is 3.28. The van der Waals surface area contributed by atoms with Crippen LogP contribution in [0.3, 0.4) is 0 Å². The Bertz CT molecular complexity index is 1020. The minimum Gasteiger partial charge on any atom is -0.377 e. The Hall–Kier alpha value is -2.80. The standard InChI is InChI=1S/C24H29N5O2/c1-16-15-31-12-11-29(16)23-13-22(18-5-4-10-28(14-18)17(2)30)26-24(27-23)20-8-9-25-21-7-3-6-19(20)21/h3,6,8-9,13,16,18H,4-5,7,10-12,14-15H2,1-2H3/t16-,18+/m1/s1. The average molecular weight is 420 g/mol. The van der Waals surface area contributed by atoms with Gasteiger partial charge in [0.05, 0.1) is 30.6 Å². The summed E-state index contributed by atoms with van der Waals surface area (Å²) in [6.45, 7) is 7.60. The van der Waals surface area contributed by atoms with E-state index in [2.05, 4.69) is 35.0 Å². The van der Waals surface area contributed by atoms with E-state index in [1.54, 1.807) is 6.92 Å². The maximum Gasteiger partial charge on any atom is 0.219 e. The molecule has 7 nitrogen and oxygen atoms in total. The number of hydrogen-bond donors (Lipinski definition) is 0. The van der Waals surface area contributed by atoms with Crippen LogP contribution in [0.15, 0.2) is 24.4 Å². The second-order valence-electron chi connectivity index (χ2n) is 8.72. The van der Waals surface area contributed by atoms with Crippen LogP contribution in [0, 0.1) is 0 Å². The third-order valence-corrected chi connectivity index (χ3v) is 6.59. The summed E-state index contributed by atoms with van der Waals surface area (Å²) in [5.41, 5.74) is 4.25. The second-order valence-corrected chi connectivity index (χ2v) is 8.72. The third kappa shape index (κ3) is 3.94. The summed E-state index contributed by atoms with van der Waals surface area (Å²) >= 11 is 0. The van der Waals surface area contributed by atoms with E-state index in [0.29, 0.717) is 13.2 Å². The number of hydrogen-bond acceptors (Lipinski definition) is 6. The number of morpholine rings is 1. The number of fused-ring (bicyclic) bond motifs is 1. The number of aromatic nitrogens is 3. The van der Waals surface area contributed by atoms with Crippen molar-refractivity contribution in [3.63, 3.8) is 0 Å². The summed E-state index contributed by atoms with van der Waals surface area (Å²) in [5, 5.41) is 0. The Labute approximate surface area is 183 Å². The number of carbonyl (C=O) groups is 1. The number of rotatable bonds is 3. The minimum atomic E-state index is 0.137. The number of carbonyl (C=O) groups excluding carboxylic acids is 1. The van der Waals surface area contributed by atoms with Crippen molar-refractivity contribution in [2.75, 3.05) is 37.7 Å². The molecule has 5 rings (SSSR count). The van der Waals surface area contributed by atoms with Gasteiger partial charge in [0.25, 0.3) is 0 Å². The molecule has 0 bridgehead atoms. The first-order valence-corrected chi connectivity index (χ1v) is 11.2. The summed E-state index contributed by atoms with van der Waals surface area (Å²) in [4.78, 5) is 30.9. The first-order chi connectivity index (χ1) is 15.1. The number of amides is 1. The van der Waals surface area contributed by atoms with Crippen molar-refractivity contribution in [1.82, 2.24) is 19.9 Å². The Morgan fingerprint density at radius 3 is 3.00 bits per heavy atom. The first-order valence-electron chi connectivity index (χ1n) is 11.2. The molecule has 2 aromatic rings. The Morgan fingerprint density at radius 1 is 1.26 bits per heavy atom. The van der Waals surface area contributed by atoms with Gasteiger partial charge in [-0.3, -0.25) is 9.78 Å². The van der Waals surface area contributed by atoms with E-state index < -0.39 is 0 Å². The summed E-state index contributed by atoms with van der Waals surface area (Å²) in [5.74, 6) is 2.05. The van der Waals surface area contributed by atoms with Gasteiger partial charge in [0, 0.05) is 62.3 Å². The molecule has 2 aliphatic heterocycles. The molecule has 2 atom stereocenters. The van der Waals surface area contributed by atoms with Gasteiger partial charge < -0.3 is 14.5 Å². The van der Waals surface area contributed by atoms with E-state index in [9.17, 15) is 4.79 Å². The lowest BCUT2D eigenvalue weighted by atomic mass is 9.94. The molecule has 162 valence electrons. The highest BCUT2D eigenvalue weighted by Crippen LogP contribution is 2.33. The van der Waals surface area contributed by atoms with Crippen molar-refractivity contribution >= 4 is 17.8 Å². The Morgan fingerprint density at radius 2 is 2.16 bits per heavy atom. The zero-order valence-electron chi connectivity index (χ0n) is 18.3. The van der Waals surface area contributed by atoms with Gasteiger partial charge >= 0.3 is 0 Å². The van der Waals surface area contributed by atoms with Crippen molar-refractivity contribution in [3.05, 3.63) is 41.4 Å². The van der Waals surface area contributed by atoms with Crippen LogP contribution >= 0.6 is 0 Å². The maximum atomic E-state index is 12.0. The number of piperidine rings is 1. The molecule has 4 heterocycles. The van der Waals surface area contributed by atoms with Gasteiger partial charge in [-0.1, -0.05) is 12.2 Å². The van der Waals surface area contributed by atoms with Crippen molar-refractivity contribution in [1.29, 1.82) is 0 Å². The molecule has 1 amide bonds. The van der Waals surface area contributed by atoms with Crippen LogP contribution in [0.4, 0.5) is 5.82 Å². The maximum absolute atomic E-state index is 12.0. The van der Waals surface area contributed by atoms with Gasteiger partial charge in [0.2, 0.25) is 5.91 Å². The molecule has 2 saturated heterocycles. The molecular formula is C24H29N5O2. The van der Waals surface area contributed by atoms with Crippen molar-refractivity contribution in [3.8, 4) is 11.4 Å². The molecule has 0 unspecified atom stereocenters. The van der Waals surface area contributed by atoms with E-state index in [-0.39, 0.29) is 17.9 Å². The van der Waals surface area contributed by atoms with E-state index in [1.165, 1.54) is 0 Å². The van der Waals surface area contributed by atoms with Crippen LogP contribution in [0.2, 0.25) is 0 Å². The second kappa shape index (κ2) is 8.38. The van der Waals surface area contributed by atoms with Gasteiger partial charge in [0.1, 0.15) is 5.82 Å². The van der Waals surface area contributed by atoms with E-state index in [1.807, 2.05) is 17.2 Å². The van der Waals surface area contributed by atoms with Crippen LogP contribution in [-0.2, 0) is 16.0 Å². The smallest absolute Gasteiger partial charge is 0.219 e. The lowest BCUT2D eigenvalue weighted by Crippen LogP contribution is -2.44. The summed E-state index contributed by atoms with van der Waals surface area (Å²) in [6, 6.07) is 4.41. The molecule has 7 heteroatoms. The highest BCUT2D eigenvalue weighted by atomic mass is 16.5. The summed E-state index contributed by atoms with van der Waals surface area (Å²) < 4.78 is 5.65. The molecule has 0 saturated carbocycles. The quantitative estimate of drug-likeness (QED) is 0.762. The van der Waals surface area contributed by atoms with Crippen LogP contribution in [-0.4, -0.2) is 64.6 Å². The van der Waals surface area contributed by atoms with E-state index in [4.69, 9.17) is 14.7 Å².